The highest BCUT2D eigenvalue weighted by molar-refractivity contribution is 6.11. The SMILES string of the molecule is N=C(N)N(C(=N)N)C(=O)N=C(N)N. The molecule has 10 N–H and O–H groups in total. The van der Waals surface area contributed by atoms with Gasteiger partial charge in [-0.2, -0.15) is 9.89 Å². The molecule has 2 amide bonds. The molecule has 0 bridgehead atoms. The van der Waals surface area contributed by atoms with Crippen LogP contribution in [0.2, 0.25) is 0 Å². The number of carbonyl (C=O) groups excluding carboxylic acids is 1. The van der Waals surface area contributed by atoms with Crippen molar-refractivity contribution < 1.29 is 4.79 Å². The second-order valence-corrected chi connectivity index (χ2v) is 1.93. The summed E-state index contributed by atoms with van der Waals surface area (Å²) in [5, 5.41) is 13.7. The summed E-state index contributed by atoms with van der Waals surface area (Å²) < 4.78 is 0. The smallest absolute Gasteiger partial charge is 0.360 e. The lowest BCUT2D eigenvalue weighted by atomic mass is 10.7. The summed E-state index contributed by atoms with van der Waals surface area (Å²) in [6, 6.07) is -1.08. The van der Waals surface area contributed by atoms with Gasteiger partial charge in [0.05, 0.1) is 0 Å². The van der Waals surface area contributed by atoms with Crippen molar-refractivity contribution in [3.05, 3.63) is 0 Å². The molecule has 0 atom stereocenters. The molecule has 0 aliphatic rings. The number of nitrogens with two attached hydrogens (primary N) is 4. The number of amides is 2. The minimum absolute atomic E-state index is 0.333. The number of guanidine groups is 3. The Hall–Kier alpha value is -2.32. The zero-order valence-corrected chi connectivity index (χ0v) is 6.61. The maximum Gasteiger partial charge on any atom is 0.360 e. The Bertz CT molecular complexity index is 262. The maximum atomic E-state index is 11.0. The van der Waals surface area contributed by atoms with Crippen molar-refractivity contribution in [1.29, 1.82) is 10.8 Å². The van der Waals surface area contributed by atoms with E-state index in [1.54, 1.807) is 0 Å². The van der Waals surface area contributed by atoms with Crippen LogP contribution in [0.5, 0.6) is 0 Å². The van der Waals surface area contributed by atoms with Crippen LogP contribution in [0.15, 0.2) is 4.99 Å². The van der Waals surface area contributed by atoms with E-state index in [2.05, 4.69) is 4.99 Å². The molecule has 0 heterocycles. The molecular formula is C4H10N8O. The quantitative estimate of drug-likeness (QED) is 0.179. The molecule has 0 aliphatic carbocycles. The first-order valence-electron chi connectivity index (χ1n) is 2.98. The fraction of sp³-hybridized carbons (Fsp3) is 0. The molecule has 0 radical (unpaired) electrons. The van der Waals surface area contributed by atoms with Gasteiger partial charge in [0, 0.05) is 0 Å². The van der Waals surface area contributed by atoms with Crippen molar-refractivity contribution in [3.8, 4) is 0 Å². The minimum Gasteiger partial charge on any atom is -0.370 e. The molecule has 0 saturated carbocycles. The average molecular weight is 186 g/mol. The first kappa shape index (κ1) is 10.7. The molecule has 72 valence electrons. The summed E-state index contributed by atoms with van der Waals surface area (Å²) in [5.74, 6) is -1.97. The number of nitrogens with zero attached hydrogens (tertiary/aromatic N) is 2. The van der Waals surface area contributed by atoms with Crippen LogP contribution in [0.1, 0.15) is 0 Å². The second-order valence-electron chi connectivity index (χ2n) is 1.93. The van der Waals surface area contributed by atoms with Crippen LogP contribution in [0, 0.1) is 10.8 Å². The van der Waals surface area contributed by atoms with E-state index >= 15 is 0 Å². The zero-order chi connectivity index (χ0) is 10.6. The van der Waals surface area contributed by atoms with Gasteiger partial charge in [-0.3, -0.25) is 10.8 Å². The van der Waals surface area contributed by atoms with Gasteiger partial charge in [0.25, 0.3) is 0 Å². The van der Waals surface area contributed by atoms with Crippen LogP contribution >= 0.6 is 0 Å². The molecule has 0 fully saturated rings. The van der Waals surface area contributed by atoms with Gasteiger partial charge in [-0.1, -0.05) is 0 Å². The summed E-state index contributed by atoms with van der Waals surface area (Å²) in [4.78, 5) is 14.3. The van der Waals surface area contributed by atoms with E-state index in [4.69, 9.17) is 33.8 Å². The van der Waals surface area contributed by atoms with Crippen molar-refractivity contribution >= 4 is 23.9 Å². The molecule has 0 aromatic carbocycles. The lowest BCUT2D eigenvalue weighted by Gasteiger charge is -2.14. The number of nitrogens with one attached hydrogen (secondary N) is 2. The van der Waals surface area contributed by atoms with Crippen molar-refractivity contribution in [2.45, 2.75) is 0 Å². The van der Waals surface area contributed by atoms with E-state index in [1.165, 1.54) is 0 Å². The Morgan fingerprint density at radius 2 is 1.46 bits per heavy atom. The van der Waals surface area contributed by atoms with Crippen molar-refractivity contribution in [1.82, 2.24) is 4.90 Å². The molecule has 9 nitrogen and oxygen atoms in total. The van der Waals surface area contributed by atoms with Crippen LogP contribution in [-0.2, 0) is 0 Å². The number of carbonyl (C=O) groups is 1. The van der Waals surface area contributed by atoms with Crippen LogP contribution in [0.3, 0.4) is 0 Å². The highest BCUT2D eigenvalue weighted by Gasteiger charge is 2.18. The molecule has 0 unspecified atom stereocenters. The monoisotopic (exact) mass is 186 g/mol. The summed E-state index contributed by atoms with van der Waals surface area (Å²) in [6.07, 6.45) is 0. The Kier molecular flexibility index (Phi) is 3.20. The lowest BCUT2D eigenvalue weighted by molar-refractivity contribution is 0.241. The molecule has 0 spiro atoms. The number of hydrogen-bond donors (Lipinski definition) is 6. The Labute approximate surface area is 73.4 Å². The van der Waals surface area contributed by atoms with E-state index in [-0.39, 0.29) is 0 Å². The third-order valence-electron chi connectivity index (χ3n) is 0.898. The largest absolute Gasteiger partial charge is 0.370 e. The second kappa shape index (κ2) is 3.90. The first-order valence-corrected chi connectivity index (χ1v) is 2.98. The molecule has 0 aliphatic heterocycles. The molecule has 9 heteroatoms. The topological polar surface area (TPSA) is 184 Å². The van der Waals surface area contributed by atoms with Crippen molar-refractivity contribution in [3.63, 3.8) is 0 Å². The summed E-state index contributed by atoms with van der Waals surface area (Å²) in [5.41, 5.74) is 19.6. The Balaban J connectivity index is 4.78. The molecule has 13 heavy (non-hydrogen) atoms. The maximum absolute atomic E-state index is 11.0. The Morgan fingerprint density at radius 3 is 1.69 bits per heavy atom. The number of hydrogen-bond acceptors (Lipinski definition) is 3. The number of rotatable bonds is 0. The van der Waals surface area contributed by atoms with Crippen LogP contribution < -0.4 is 22.9 Å². The van der Waals surface area contributed by atoms with Crippen LogP contribution in [0.25, 0.3) is 0 Å². The van der Waals surface area contributed by atoms with Crippen LogP contribution in [0.4, 0.5) is 4.79 Å². The van der Waals surface area contributed by atoms with Gasteiger partial charge in [0.15, 0.2) is 5.96 Å². The zero-order valence-electron chi connectivity index (χ0n) is 6.61. The van der Waals surface area contributed by atoms with E-state index in [0.717, 1.165) is 0 Å². The molecule has 0 aromatic heterocycles. The van der Waals surface area contributed by atoms with E-state index in [9.17, 15) is 4.79 Å². The highest BCUT2D eigenvalue weighted by Crippen LogP contribution is 1.90. The average Bonchev–Trinajstić information content (AvgIpc) is 1.81. The molecular weight excluding hydrogens is 176 g/mol. The van der Waals surface area contributed by atoms with Crippen molar-refractivity contribution in [2.75, 3.05) is 0 Å². The number of aliphatic imine (C=N–C) groups is 1. The minimum atomic E-state index is -1.08. The Morgan fingerprint density at radius 1 is 1.08 bits per heavy atom. The number of urea groups is 1. The first-order chi connectivity index (χ1) is 5.86. The van der Waals surface area contributed by atoms with Gasteiger partial charge in [-0.15, -0.1) is 0 Å². The fourth-order valence-electron chi connectivity index (χ4n) is 0.496. The highest BCUT2D eigenvalue weighted by atomic mass is 16.2. The molecule has 0 saturated heterocycles. The van der Waals surface area contributed by atoms with Gasteiger partial charge in [-0.05, 0) is 0 Å². The standard InChI is InChI=1S/C4H10N8O/c5-1(6)11-4(13)12(2(7)8)3(9)10/h(H3,7,8)(H3,9,10)(H4,5,6,11,13). The third kappa shape index (κ3) is 3.05. The fourth-order valence-corrected chi connectivity index (χ4v) is 0.496. The van der Waals surface area contributed by atoms with Crippen molar-refractivity contribution in [2.24, 2.45) is 27.9 Å². The van der Waals surface area contributed by atoms with Gasteiger partial charge in [0.2, 0.25) is 11.9 Å². The van der Waals surface area contributed by atoms with E-state index in [1.807, 2.05) is 0 Å². The summed E-state index contributed by atoms with van der Waals surface area (Å²) in [6.45, 7) is 0. The molecule has 0 rings (SSSR count). The van der Waals surface area contributed by atoms with E-state index in [0.29, 0.717) is 4.90 Å². The normalized spacial score (nSPS) is 8.62. The third-order valence-corrected chi connectivity index (χ3v) is 0.898. The lowest BCUT2D eigenvalue weighted by Crippen LogP contribution is -2.48. The molecule has 0 aromatic rings. The van der Waals surface area contributed by atoms with Gasteiger partial charge < -0.3 is 22.9 Å². The summed E-state index contributed by atoms with van der Waals surface area (Å²) >= 11 is 0. The van der Waals surface area contributed by atoms with E-state index < -0.39 is 23.9 Å². The summed E-state index contributed by atoms with van der Waals surface area (Å²) in [7, 11) is 0. The van der Waals surface area contributed by atoms with Crippen LogP contribution in [-0.4, -0.2) is 28.8 Å². The van der Waals surface area contributed by atoms with Gasteiger partial charge in [-0.25, -0.2) is 4.79 Å². The predicted octanol–water partition coefficient (Wildman–Crippen LogP) is -2.53. The predicted molar refractivity (Wildman–Crippen MR) is 46.9 cm³/mol. The van der Waals surface area contributed by atoms with Gasteiger partial charge in [0.1, 0.15) is 0 Å². The van der Waals surface area contributed by atoms with Gasteiger partial charge >= 0.3 is 6.03 Å².